The molecule has 4 nitrogen and oxygen atoms in total. The van der Waals surface area contributed by atoms with Gasteiger partial charge >= 0.3 is 0 Å². The molecule has 0 amide bonds. The molecule has 0 aliphatic heterocycles. The van der Waals surface area contributed by atoms with E-state index >= 15 is 0 Å². The first-order valence-electron chi connectivity index (χ1n) is 6.39. The molecular weight excluding hydrogens is 260 g/mol. The molecule has 0 saturated carbocycles. The molecule has 2 aromatic rings. The second-order valence-electron chi connectivity index (χ2n) is 4.51. The SMILES string of the molecule is Cc1nn(-c2cccc(Cl)c2)c(C)c1NCCCN. The largest absolute Gasteiger partial charge is 0.382 e. The number of nitrogens with one attached hydrogen (secondary N) is 1. The quantitative estimate of drug-likeness (QED) is 0.827. The van der Waals surface area contributed by atoms with Gasteiger partial charge in [0, 0.05) is 11.6 Å². The fourth-order valence-corrected chi connectivity index (χ4v) is 2.26. The van der Waals surface area contributed by atoms with E-state index in [9.17, 15) is 0 Å². The molecule has 0 bridgehead atoms. The van der Waals surface area contributed by atoms with Crippen molar-refractivity contribution in [1.82, 2.24) is 9.78 Å². The maximum atomic E-state index is 6.03. The minimum atomic E-state index is 0.688. The normalized spacial score (nSPS) is 10.7. The molecule has 0 saturated heterocycles. The smallest absolute Gasteiger partial charge is 0.0832 e. The summed E-state index contributed by atoms with van der Waals surface area (Å²) in [5.41, 5.74) is 9.62. The molecule has 0 atom stereocenters. The Hall–Kier alpha value is -1.52. The van der Waals surface area contributed by atoms with Crippen LogP contribution in [0.1, 0.15) is 17.8 Å². The fraction of sp³-hybridized carbons (Fsp3) is 0.357. The predicted molar refractivity (Wildman–Crippen MR) is 80.2 cm³/mol. The van der Waals surface area contributed by atoms with Gasteiger partial charge in [0.15, 0.2) is 0 Å². The number of benzene rings is 1. The lowest BCUT2D eigenvalue weighted by Gasteiger charge is -2.07. The van der Waals surface area contributed by atoms with Gasteiger partial charge in [0.1, 0.15) is 0 Å². The summed E-state index contributed by atoms with van der Waals surface area (Å²) in [6, 6.07) is 7.69. The van der Waals surface area contributed by atoms with Crippen molar-refractivity contribution in [3.8, 4) is 5.69 Å². The Morgan fingerprint density at radius 2 is 2.16 bits per heavy atom. The number of nitrogens with two attached hydrogens (primary N) is 1. The first-order chi connectivity index (χ1) is 9.13. The molecule has 102 valence electrons. The van der Waals surface area contributed by atoms with Crippen molar-refractivity contribution in [1.29, 1.82) is 0 Å². The number of rotatable bonds is 5. The molecule has 3 N–H and O–H groups in total. The van der Waals surface area contributed by atoms with Crippen molar-refractivity contribution >= 4 is 17.3 Å². The molecule has 1 heterocycles. The highest BCUT2D eigenvalue weighted by molar-refractivity contribution is 6.30. The van der Waals surface area contributed by atoms with Gasteiger partial charge in [-0.05, 0) is 45.0 Å². The number of aryl methyl sites for hydroxylation is 1. The number of halogens is 1. The van der Waals surface area contributed by atoms with Gasteiger partial charge in [-0.25, -0.2) is 4.68 Å². The third-order valence-electron chi connectivity index (χ3n) is 3.03. The fourth-order valence-electron chi connectivity index (χ4n) is 2.07. The lowest BCUT2D eigenvalue weighted by Crippen LogP contribution is -2.09. The molecule has 2 rings (SSSR count). The van der Waals surface area contributed by atoms with Crippen LogP contribution < -0.4 is 11.1 Å². The Kier molecular flexibility index (Phi) is 4.45. The maximum Gasteiger partial charge on any atom is 0.0832 e. The van der Waals surface area contributed by atoms with Crippen LogP contribution in [0.4, 0.5) is 5.69 Å². The maximum absolute atomic E-state index is 6.03. The van der Waals surface area contributed by atoms with E-state index in [-0.39, 0.29) is 0 Å². The summed E-state index contributed by atoms with van der Waals surface area (Å²) in [6.45, 7) is 5.59. The zero-order valence-electron chi connectivity index (χ0n) is 11.3. The van der Waals surface area contributed by atoms with Crippen LogP contribution >= 0.6 is 11.6 Å². The average Bonchev–Trinajstić information content (AvgIpc) is 2.67. The van der Waals surface area contributed by atoms with Crippen molar-refractivity contribution < 1.29 is 0 Å². The third kappa shape index (κ3) is 3.08. The van der Waals surface area contributed by atoms with Crippen molar-refractivity contribution in [2.45, 2.75) is 20.3 Å². The second kappa shape index (κ2) is 6.08. The summed E-state index contributed by atoms with van der Waals surface area (Å²) in [5.74, 6) is 0. The van der Waals surface area contributed by atoms with Crippen LogP contribution in [0.5, 0.6) is 0 Å². The minimum Gasteiger partial charge on any atom is -0.382 e. The van der Waals surface area contributed by atoms with Crippen LogP contribution in [0.2, 0.25) is 5.02 Å². The Labute approximate surface area is 118 Å². The van der Waals surface area contributed by atoms with E-state index in [4.69, 9.17) is 17.3 Å². The Balaban J connectivity index is 2.30. The molecule has 5 heteroatoms. The van der Waals surface area contributed by atoms with Gasteiger partial charge < -0.3 is 11.1 Å². The molecule has 0 unspecified atom stereocenters. The summed E-state index contributed by atoms with van der Waals surface area (Å²) in [6.07, 6.45) is 0.946. The van der Waals surface area contributed by atoms with Gasteiger partial charge in [-0.15, -0.1) is 0 Å². The summed E-state index contributed by atoms with van der Waals surface area (Å²) < 4.78 is 1.91. The Morgan fingerprint density at radius 3 is 2.84 bits per heavy atom. The van der Waals surface area contributed by atoms with Gasteiger partial charge in [0.05, 0.1) is 22.8 Å². The van der Waals surface area contributed by atoms with E-state index in [0.29, 0.717) is 11.6 Å². The number of hydrogen-bond acceptors (Lipinski definition) is 3. The summed E-state index contributed by atoms with van der Waals surface area (Å²) >= 11 is 6.03. The number of hydrogen-bond donors (Lipinski definition) is 2. The van der Waals surface area contributed by atoms with Crippen molar-refractivity contribution in [3.05, 3.63) is 40.7 Å². The van der Waals surface area contributed by atoms with E-state index < -0.39 is 0 Å². The van der Waals surface area contributed by atoms with E-state index in [1.165, 1.54) is 0 Å². The second-order valence-corrected chi connectivity index (χ2v) is 4.94. The molecule has 0 spiro atoms. The standard InChI is InChI=1S/C14H19ClN4/c1-10-14(17-8-4-7-16)11(2)19(18-10)13-6-3-5-12(15)9-13/h3,5-6,9,17H,4,7-8,16H2,1-2H3. The van der Waals surface area contributed by atoms with Gasteiger partial charge in [-0.1, -0.05) is 17.7 Å². The summed E-state index contributed by atoms with van der Waals surface area (Å²) in [7, 11) is 0. The van der Waals surface area contributed by atoms with Crippen LogP contribution in [0.3, 0.4) is 0 Å². The first kappa shape index (κ1) is 13.9. The van der Waals surface area contributed by atoms with Gasteiger partial charge in [-0.2, -0.15) is 5.10 Å². The van der Waals surface area contributed by atoms with Gasteiger partial charge in [0.2, 0.25) is 0 Å². The molecule has 0 radical (unpaired) electrons. The van der Waals surface area contributed by atoms with Crippen LogP contribution in [0.25, 0.3) is 5.69 Å². The highest BCUT2D eigenvalue weighted by atomic mass is 35.5. The predicted octanol–water partition coefficient (Wildman–Crippen LogP) is 2.90. The summed E-state index contributed by atoms with van der Waals surface area (Å²) in [5, 5.41) is 8.67. The number of nitrogens with zero attached hydrogens (tertiary/aromatic N) is 2. The average molecular weight is 279 g/mol. The van der Waals surface area contributed by atoms with Crippen LogP contribution in [-0.4, -0.2) is 22.9 Å². The molecule has 19 heavy (non-hydrogen) atoms. The van der Waals surface area contributed by atoms with Gasteiger partial charge in [-0.3, -0.25) is 0 Å². The number of aromatic nitrogens is 2. The van der Waals surface area contributed by atoms with E-state index in [0.717, 1.165) is 35.7 Å². The van der Waals surface area contributed by atoms with E-state index in [2.05, 4.69) is 10.4 Å². The minimum absolute atomic E-state index is 0.688. The van der Waals surface area contributed by atoms with Crippen molar-refractivity contribution in [3.63, 3.8) is 0 Å². The highest BCUT2D eigenvalue weighted by Crippen LogP contribution is 2.24. The molecule has 1 aromatic heterocycles. The summed E-state index contributed by atoms with van der Waals surface area (Å²) in [4.78, 5) is 0. The molecular formula is C14H19ClN4. The van der Waals surface area contributed by atoms with Crippen molar-refractivity contribution in [2.75, 3.05) is 18.4 Å². The van der Waals surface area contributed by atoms with Gasteiger partial charge in [0.25, 0.3) is 0 Å². The Morgan fingerprint density at radius 1 is 1.37 bits per heavy atom. The van der Waals surface area contributed by atoms with E-state index in [1.54, 1.807) is 0 Å². The van der Waals surface area contributed by atoms with E-state index in [1.807, 2.05) is 42.8 Å². The lowest BCUT2D eigenvalue weighted by atomic mass is 10.3. The number of anilines is 1. The Bertz CT molecular complexity index is 563. The topological polar surface area (TPSA) is 55.9 Å². The molecule has 0 aliphatic rings. The van der Waals surface area contributed by atoms with Crippen LogP contribution in [0, 0.1) is 13.8 Å². The molecule has 1 aromatic carbocycles. The zero-order chi connectivity index (χ0) is 13.8. The highest BCUT2D eigenvalue weighted by Gasteiger charge is 2.12. The van der Waals surface area contributed by atoms with Crippen molar-refractivity contribution in [2.24, 2.45) is 5.73 Å². The first-order valence-corrected chi connectivity index (χ1v) is 6.77. The monoisotopic (exact) mass is 278 g/mol. The van der Waals surface area contributed by atoms with Crippen LogP contribution in [0.15, 0.2) is 24.3 Å². The zero-order valence-corrected chi connectivity index (χ0v) is 12.0. The molecule has 0 fully saturated rings. The van der Waals surface area contributed by atoms with Crippen LogP contribution in [-0.2, 0) is 0 Å². The third-order valence-corrected chi connectivity index (χ3v) is 3.26. The molecule has 0 aliphatic carbocycles. The lowest BCUT2D eigenvalue weighted by molar-refractivity contribution is 0.833.